The highest BCUT2D eigenvalue weighted by atomic mass is 35.5. The molecule has 266 valence electrons. The van der Waals surface area contributed by atoms with Crippen LogP contribution in [0.4, 0.5) is 0 Å². The van der Waals surface area contributed by atoms with Crippen LogP contribution in [0.5, 0.6) is 34.5 Å². The van der Waals surface area contributed by atoms with Gasteiger partial charge >= 0.3 is 0 Å². The zero-order valence-electron chi connectivity index (χ0n) is 28.6. The van der Waals surface area contributed by atoms with Crippen LogP contribution >= 0.6 is 11.6 Å². The Morgan fingerprint density at radius 1 is 0.960 bits per heavy atom. The molecule has 3 aromatic rings. The summed E-state index contributed by atoms with van der Waals surface area (Å²) in [6, 6.07) is 13.3. The number of aliphatic hydroxyl groups excluding tert-OH is 2. The molecule has 0 bridgehead atoms. The minimum Gasteiger partial charge on any atom is -0.507 e. The number of rotatable bonds is 13. The molecule has 1 aliphatic heterocycles. The minimum absolute atomic E-state index is 0.0130. The number of benzene rings is 3. The van der Waals surface area contributed by atoms with E-state index in [0.717, 1.165) is 5.56 Å². The van der Waals surface area contributed by atoms with Gasteiger partial charge in [0.2, 0.25) is 23.0 Å². The van der Waals surface area contributed by atoms with Crippen LogP contribution in [0.25, 0.3) is 0 Å². The summed E-state index contributed by atoms with van der Waals surface area (Å²) in [5.41, 5.74) is -1.06. The summed E-state index contributed by atoms with van der Waals surface area (Å²) >= 11 is 6.62. The molecule has 0 fully saturated rings. The van der Waals surface area contributed by atoms with Gasteiger partial charge in [-0.2, -0.15) is 0 Å². The van der Waals surface area contributed by atoms with Crippen molar-refractivity contribution in [2.75, 3.05) is 42.2 Å². The van der Waals surface area contributed by atoms with Crippen LogP contribution in [0.1, 0.15) is 47.2 Å². The molecule has 4 atom stereocenters. The topological polar surface area (TPSA) is 159 Å². The number of ketones is 2. The lowest BCUT2D eigenvalue weighted by Gasteiger charge is -2.39. The quantitative estimate of drug-likeness (QED) is 0.219. The summed E-state index contributed by atoms with van der Waals surface area (Å²) in [5, 5.41) is 25.2. The van der Waals surface area contributed by atoms with Gasteiger partial charge in [0, 0.05) is 36.3 Å². The smallest absolute Gasteiger partial charge is 0.231 e. The van der Waals surface area contributed by atoms with E-state index in [-0.39, 0.29) is 70.1 Å². The molecular formula is C37H40ClNO11. The van der Waals surface area contributed by atoms with Gasteiger partial charge in [-0.15, -0.1) is 0 Å². The van der Waals surface area contributed by atoms with E-state index in [1.165, 1.54) is 41.6 Å². The maximum Gasteiger partial charge on any atom is 0.231 e. The maximum atomic E-state index is 14.4. The lowest BCUT2D eigenvalue weighted by molar-refractivity contribution is -0.122. The van der Waals surface area contributed by atoms with Crippen molar-refractivity contribution in [1.29, 1.82) is 0 Å². The number of hydrogen-bond donors (Lipinski definition) is 3. The van der Waals surface area contributed by atoms with Gasteiger partial charge in [0.1, 0.15) is 22.1 Å². The first kappa shape index (κ1) is 36.3. The number of halogens is 1. The first-order chi connectivity index (χ1) is 24.0. The normalized spacial score (nSPS) is 19.4. The molecule has 50 heavy (non-hydrogen) atoms. The summed E-state index contributed by atoms with van der Waals surface area (Å²) in [7, 11) is 7.04. The Balaban J connectivity index is 1.66. The number of ether oxygens (including phenoxy) is 6. The van der Waals surface area contributed by atoms with Crippen molar-refractivity contribution >= 4 is 29.1 Å². The van der Waals surface area contributed by atoms with E-state index in [9.17, 15) is 24.6 Å². The Morgan fingerprint density at radius 3 is 2.14 bits per heavy atom. The molecule has 2 unspecified atom stereocenters. The van der Waals surface area contributed by atoms with Crippen molar-refractivity contribution in [1.82, 2.24) is 5.32 Å². The fourth-order valence-corrected chi connectivity index (χ4v) is 7.02. The zero-order chi connectivity index (χ0) is 36.3. The Morgan fingerprint density at radius 2 is 1.58 bits per heavy atom. The highest BCUT2D eigenvalue weighted by Gasteiger charge is 2.61. The fraction of sp³-hybridized carbons (Fsp3) is 0.378. The molecule has 0 aromatic heterocycles. The molecule has 1 spiro atoms. The van der Waals surface area contributed by atoms with Crippen molar-refractivity contribution in [2.24, 2.45) is 5.92 Å². The highest BCUT2D eigenvalue weighted by molar-refractivity contribution is 6.35. The first-order valence-corrected chi connectivity index (χ1v) is 16.3. The molecule has 5 rings (SSSR count). The zero-order valence-corrected chi connectivity index (χ0v) is 29.4. The van der Waals surface area contributed by atoms with Gasteiger partial charge in [-0.3, -0.25) is 14.4 Å². The average molecular weight is 710 g/mol. The third kappa shape index (κ3) is 6.29. The van der Waals surface area contributed by atoms with Gasteiger partial charge in [0.25, 0.3) is 0 Å². The molecule has 0 radical (unpaired) electrons. The Bertz CT molecular complexity index is 1800. The van der Waals surface area contributed by atoms with Crippen LogP contribution in [0.3, 0.4) is 0 Å². The number of allylic oxidation sites excluding steroid dienone is 1. The standard InChI is InChI=1S/C37H40ClNO11/c1-19-12-24(41)30(35(43)37(19)36(44)31-25(45-2)17-26(46-3)32(38)34(31)50-37)23(21-14-27(47-4)33(49-6)28(15-21)48-5)16-29(42)39-22(18-40)13-20-10-8-7-9-11-20/h7-11,14-15,17,19,22-23,40,43H,12-13,16,18H2,1-6H3,(H,39,42)/t19-,22?,23?,37+/m1/s1. The van der Waals surface area contributed by atoms with E-state index in [1.54, 1.807) is 19.1 Å². The summed E-state index contributed by atoms with van der Waals surface area (Å²) in [5.74, 6) is -3.40. The van der Waals surface area contributed by atoms with Crippen molar-refractivity contribution in [2.45, 2.75) is 43.7 Å². The average Bonchev–Trinajstić information content (AvgIpc) is 3.44. The Hall–Kier alpha value is -4.94. The number of aliphatic hydroxyl groups is 2. The maximum absolute atomic E-state index is 14.4. The molecule has 3 aromatic carbocycles. The predicted octanol–water partition coefficient (Wildman–Crippen LogP) is 5.01. The van der Waals surface area contributed by atoms with E-state index in [4.69, 9.17) is 40.0 Å². The number of amides is 1. The summed E-state index contributed by atoms with van der Waals surface area (Å²) < 4.78 is 33.8. The van der Waals surface area contributed by atoms with Gasteiger partial charge in [-0.25, -0.2) is 0 Å². The number of hydrogen-bond acceptors (Lipinski definition) is 11. The Kier molecular flexibility index (Phi) is 10.8. The molecule has 3 N–H and O–H groups in total. The molecule has 12 nitrogen and oxygen atoms in total. The summed E-state index contributed by atoms with van der Waals surface area (Å²) in [4.78, 5) is 42.3. The molecule has 13 heteroatoms. The van der Waals surface area contributed by atoms with Gasteiger partial charge in [-0.1, -0.05) is 48.9 Å². The molecule has 0 saturated carbocycles. The fourth-order valence-electron chi connectivity index (χ4n) is 6.76. The third-order valence-electron chi connectivity index (χ3n) is 9.25. The first-order valence-electron chi connectivity index (χ1n) is 15.9. The second-order valence-corrected chi connectivity index (χ2v) is 12.5. The van der Waals surface area contributed by atoms with Crippen LogP contribution in [-0.4, -0.2) is 81.5 Å². The number of carbonyl (C=O) groups excluding carboxylic acids is 3. The number of methoxy groups -OCH3 is 5. The van der Waals surface area contributed by atoms with Crippen LogP contribution in [-0.2, 0) is 16.0 Å². The van der Waals surface area contributed by atoms with Gasteiger partial charge in [0.05, 0.1) is 48.2 Å². The van der Waals surface area contributed by atoms with Gasteiger partial charge in [0.15, 0.2) is 28.8 Å². The van der Waals surface area contributed by atoms with Crippen LogP contribution in [0.2, 0.25) is 5.02 Å². The number of carbonyl (C=O) groups is 3. The highest BCUT2D eigenvalue weighted by Crippen LogP contribution is 2.56. The Labute approximate surface area is 294 Å². The van der Waals surface area contributed by atoms with Crippen molar-refractivity contribution in [3.8, 4) is 34.5 Å². The van der Waals surface area contributed by atoms with Crippen molar-refractivity contribution < 1.29 is 53.0 Å². The summed E-state index contributed by atoms with van der Waals surface area (Å²) in [6.45, 7) is 1.26. The molecule has 1 heterocycles. The van der Waals surface area contributed by atoms with Gasteiger partial charge < -0.3 is 44.0 Å². The monoisotopic (exact) mass is 709 g/mol. The molecule has 2 aliphatic rings. The van der Waals surface area contributed by atoms with E-state index in [2.05, 4.69) is 5.32 Å². The second-order valence-electron chi connectivity index (χ2n) is 12.1. The van der Waals surface area contributed by atoms with Crippen molar-refractivity contribution in [3.05, 3.63) is 81.6 Å². The molecule has 0 saturated heterocycles. The number of fused-ring (bicyclic) bond motifs is 1. The number of Topliss-reactive ketones (excluding diaryl/α,β-unsaturated/α-hetero) is 2. The summed E-state index contributed by atoms with van der Waals surface area (Å²) in [6.07, 6.45) is -0.247. The second kappa shape index (κ2) is 14.9. The molecular weight excluding hydrogens is 670 g/mol. The van der Waals surface area contributed by atoms with E-state index in [1.807, 2.05) is 30.3 Å². The van der Waals surface area contributed by atoms with Gasteiger partial charge in [-0.05, 0) is 29.7 Å². The minimum atomic E-state index is -2.08. The van der Waals surface area contributed by atoms with Crippen LogP contribution in [0, 0.1) is 5.92 Å². The van der Waals surface area contributed by atoms with Crippen LogP contribution in [0.15, 0.2) is 59.9 Å². The molecule has 1 amide bonds. The van der Waals surface area contributed by atoms with E-state index in [0.29, 0.717) is 12.0 Å². The molecule has 1 aliphatic carbocycles. The van der Waals surface area contributed by atoms with E-state index >= 15 is 0 Å². The third-order valence-corrected chi connectivity index (χ3v) is 9.61. The van der Waals surface area contributed by atoms with Crippen molar-refractivity contribution in [3.63, 3.8) is 0 Å². The lowest BCUT2D eigenvalue weighted by Crippen LogP contribution is -2.53. The SMILES string of the molecule is COc1cc(OC)c2c(c1Cl)O[C@]1(C2=O)C(O)=C(C(CC(=O)NC(CO)Cc2ccccc2)c2cc(OC)c(OC)c(OC)c2)C(=O)C[C@H]1C. The largest absolute Gasteiger partial charge is 0.507 e. The predicted molar refractivity (Wildman–Crippen MR) is 183 cm³/mol. The lowest BCUT2D eigenvalue weighted by atomic mass is 9.69. The van der Waals surface area contributed by atoms with Crippen LogP contribution < -0.4 is 33.7 Å². The number of nitrogens with one attached hydrogen (secondary N) is 1. The van der Waals surface area contributed by atoms with E-state index < -0.39 is 46.7 Å².